The van der Waals surface area contributed by atoms with Gasteiger partial charge in [0.2, 0.25) is 0 Å². The SMILES string of the molecule is Cc1nnc(C)n1-c1ccc(O[C@@H]2c3cc(Cl)ccc3C[C@@H]2N2CCS(=O)(=O)CC2)c(Cl)c1. The molecular formula is C23H24Cl2N4O3S. The fraction of sp³-hybridized carbons (Fsp3) is 0.391. The Hall–Kier alpha value is -2.13. The van der Waals surface area contributed by atoms with Crippen LogP contribution in [0.4, 0.5) is 0 Å². The summed E-state index contributed by atoms with van der Waals surface area (Å²) in [6.45, 7) is 4.77. The number of rotatable bonds is 4. The zero-order chi connectivity index (χ0) is 23.3. The van der Waals surface area contributed by atoms with Crippen molar-refractivity contribution in [3.05, 3.63) is 69.2 Å². The number of halogens is 2. The van der Waals surface area contributed by atoms with Crippen LogP contribution in [0, 0.1) is 13.8 Å². The molecule has 1 aliphatic heterocycles. The van der Waals surface area contributed by atoms with Crippen LogP contribution in [0.1, 0.15) is 28.9 Å². The summed E-state index contributed by atoms with van der Waals surface area (Å²) in [6.07, 6.45) is 0.465. The predicted octanol–water partition coefficient (Wildman–Crippen LogP) is 3.97. The number of hydrogen-bond donors (Lipinski definition) is 0. The van der Waals surface area contributed by atoms with Crippen LogP contribution in [-0.4, -0.2) is 58.7 Å². The molecule has 7 nitrogen and oxygen atoms in total. The van der Waals surface area contributed by atoms with Gasteiger partial charge in [-0.05, 0) is 61.7 Å². The molecule has 10 heteroatoms. The molecule has 0 bridgehead atoms. The van der Waals surface area contributed by atoms with Crippen LogP contribution in [0.15, 0.2) is 36.4 Å². The van der Waals surface area contributed by atoms with Gasteiger partial charge in [-0.1, -0.05) is 29.3 Å². The van der Waals surface area contributed by atoms with E-state index >= 15 is 0 Å². The summed E-state index contributed by atoms with van der Waals surface area (Å²) in [5.41, 5.74) is 3.04. The van der Waals surface area contributed by atoms with Gasteiger partial charge in [-0.25, -0.2) is 8.42 Å². The molecule has 0 N–H and O–H groups in total. The van der Waals surface area contributed by atoms with Crippen molar-refractivity contribution >= 4 is 33.0 Å². The summed E-state index contributed by atoms with van der Waals surface area (Å²) >= 11 is 13.0. The summed E-state index contributed by atoms with van der Waals surface area (Å²) in [5.74, 6) is 2.45. The lowest BCUT2D eigenvalue weighted by atomic mass is 10.1. The number of ether oxygens (including phenoxy) is 1. The van der Waals surface area contributed by atoms with Crippen molar-refractivity contribution in [3.63, 3.8) is 0 Å². The second kappa shape index (κ2) is 8.58. The smallest absolute Gasteiger partial charge is 0.152 e. The number of aryl methyl sites for hydroxylation is 2. The standard InChI is InChI=1S/C23H24Cl2N4O3S/c1-14-26-27-15(2)29(14)18-5-6-22(20(25)13-18)32-23-19-12-17(24)4-3-16(19)11-21(23)28-7-9-33(30,31)10-8-28/h3-6,12-13,21,23H,7-11H2,1-2H3/t21-,23+/m0/s1. The van der Waals surface area contributed by atoms with E-state index < -0.39 is 9.84 Å². The molecule has 0 spiro atoms. The minimum atomic E-state index is -2.97. The molecule has 0 unspecified atom stereocenters. The van der Waals surface area contributed by atoms with Gasteiger partial charge < -0.3 is 4.74 Å². The molecule has 2 aromatic carbocycles. The Balaban J connectivity index is 1.46. The highest BCUT2D eigenvalue weighted by Gasteiger charge is 2.40. The maximum absolute atomic E-state index is 12.0. The molecule has 33 heavy (non-hydrogen) atoms. The average Bonchev–Trinajstić information content (AvgIpc) is 3.29. The Morgan fingerprint density at radius 3 is 2.36 bits per heavy atom. The Morgan fingerprint density at radius 2 is 1.70 bits per heavy atom. The van der Waals surface area contributed by atoms with Crippen LogP contribution < -0.4 is 4.74 Å². The van der Waals surface area contributed by atoms with Crippen molar-refractivity contribution < 1.29 is 13.2 Å². The van der Waals surface area contributed by atoms with E-state index in [4.69, 9.17) is 27.9 Å². The lowest BCUT2D eigenvalue weighted by Gasteiger charge is -2.35. The van der Waals surface area contributed by atoms with E-state index in [1.807, 2.05) is 54.8 Å². The molecule has 1 saturated heterocycles. The van der Waals surface area contributed by atoms with E-state index in [1.165, 1.54) is 0 Å². The van der Waals surface area contributed by atoms with Gasteiger partial charge in [-0.15, -0.1) is 10.2 Å². The third kappa shape index (κ3) is 4.37. The molecule has 5 rings (SSSR count). The quantitative estimate of drug-likeness (QED) is 0.532. The number of sulfone groups is 1. The first kappa shape index (κ1) is 22.7. The Bertz CT molecular complexity index is 1290. The molecule has 2 atom stereocenters. The topological polar surface area (TPSA) is 77.3 Å². The van der Waals surface area contributed by atoms with Crippen LogP contribution in [-0.2, 0) is 16.3 Å². The number of benzene rings is 2. The van der Waals surface area contributed by atoms with E-state index in [9.17, 15) is 8.42 Å². The number of hydrogen-bond acceptors (Lipinski definition) is 6. The second-order valence-electron chi connectivity index (χ2n) is 8.59. The molecule has 2 heterocycles. The summed E-state index contributed by atoms with van der Waals surface area (Å²) < 4.78 is 32.4. The molecule has 174 valence electrons. The fourth-order valence-corrected chi connectivity index (χ4v) is 6.41. The first-order valence-corrected chi connectivity index (χ1v) is 13.4. The molecule has 1 fully saturated rings. The van der Waals surface area contributed by atoms with Crippen LogP contribution in [0.3, 0.4) is 0 Å². The van der Waals surface area contributed by atoms with Crippen molar-refractivity contribution in [3.8, 4) is 11.4 Å². The zero-order valence-corrected chi connectivity index (χ0v) is 20.7. The highest BCUT2D eigenvalue weighted by Crippen LogP contribution is 2.41. The molecular weight excluding hydrogens is 483 g/mol. The van der Waals surface area contributed by atoms with E-state index in [-0.39, 0.29) is 23.7 Å². The molecule has 2 aliphatic rings. The maximum atomic E-state index is 12.0. The first-order chi connectivity index (χ1) is 15.7. The van der Waals surface area contributed by atoms with Gasteiger partial charge in [0.25, 0.3) is 0 Å². The van der Waals surface area contributed by atoms with Gasteiger partial charge >= 0.3 is 0 Å². The molecule has 0 amide bonds. The summed E-state index contributed by atoms with van der Waals surface area (Å²) in [4.78, 5) is 2.21. The van der Waals surface area contributed by atoms with Gasteiger partial charge in [0.05, 0.1) is 28.3 Å². The van der Waals surface area contributed by atoms with Gasteiger partial charge in [-0.3, -0.25) is 9.47 Å². The van der Waals surface area contributed by atoms with Crippen molar-refractivity contribution in [1.29, 1.82) is 0 Å². The monoisotopic (exact) mass is 506 g/mol. The van der Waals surface area contributed by atoms with Gasteiger partial charge in [0.15, 0.2) is 9.84 Å². The van der Waals surface area contributed by atoms with Crippen molar-refractivity contribution in [2.75, 3.05) is 24.6 Å². The van der Waals surface area contributed by atoms with E-state index in [1.54, 1.807) is 0 Å². The summed E-state index contributed by atoms with van der Waals surface area (Å²) in [5, 5.41) is 9.35. The van der Waals surface area contributed by atoms with Crippen molar-refractivity contribution in [2.24, 2.45) is 0 Å². The number of nitrogens with zero attached hydrogens (tertiary/aromatic N) is 4. The predicted molar refractivity (Wildman–Crippen MR) is 128 cm³/mol. The molecule has 3 aromatic rings. The van der Waals surface area contributed by atoms with E-state index in [0.29, 0.717) is 28.9 Å². The lowest BCUT2D eigenvalue weighted by Crippen LogP contribution is -2.48. The Morgan fingerprint density at radius 1 is 1.00 bits per heavy atom. The van der Waals surface area contributed by atoms with Crippen molar-refractivity contribution in [1.82, 2.24) is 19.7 Å². The maximum Gasteiger partial charge on any atom is 0.152 e. The van der Waals surface area contributed by atoms with Crippen LogP contribution in [0.5, 0.6) is 5.75 Å². The molecule has 1 aromatic heterocycles. The largest absolute Gasteiger partial charge is 0.482 e. The Kier molecular flexibility index (Phi) is 5.89. The first-order valence-electron chi connectivity index (χ1n) is 10.8. The normalized spacial score (nSPS) is 22.3. The molecule has 0 radical (unpaired) electrons. The number of aromatic nitrogens is 3. The van der Waals surface area contributed by atoms with Crippen LogP contribution in [0.2, 0.25) is 10.0 Å². The Labute approximate surface area is 203 Å². The zero-order valence-electron chi connectivity index (χ0n) is 18.3. The van der Waals surface area contributed by atoms with Gasteiger partial charge in [0.1, 0.15) is 23.5 Å². The van der Waals surface area contributed by atoms with Gasteiger partial charge in [-0.2, -0.15) is 0 Å². The highest BCUT2D eigenvalue weighted by atomic mass is 35.5. The van der Waals surface area contributed by atoms with Crippen LogP contribution in [0.25, 0.3) is 5.69 Å². The third-order valence-corrected chi connectivity index (χ3v) is 8.59. The van der Waals surface area contributed by atoms with Gasteiger partial charge in [0, 0.05) is 18.1 Å². The number of fused-ring (bicyclic) bond motifs is 1. The minimum absolute atomic E-state index is 0.00653. The van der Waals surface area contributed by atoms with E-state index in [0.717, 1.165) is 34.9 Å². The lowest BCUT2D eigenvalue weighted by molar-refractivity contribution is 0.0836. The minimum Gasteiger partial charge on any atom is -0.482 e. The summed E-state index contributed by atoms with van der Waals surface area (Å²) in [7, 11) is -2.97. The average molecular weight is 507 g/mol. The summed E-state index contributed by atoms with van der Waals surface area (Å²) in [6, 6.07) is 11.5. The van der Waals surface area contributed by atoms with E-state index in [2.05, 4.69) is 15.1 Å². The third-order valence-electron chi connectivity index (χ3n) is 6.46. The fourth-order valence-electron chi connectivity index (χ4n) is 4.78. The molecule has 1 aliphatic carbocycles. The highest BCUT2D eigenvalue weighted by molar-refractivity contribution is 7.91. The van der Waals surface area contributed by atoms with Crippen LogP contribution >= 0.6 is 23.2 Å². The second-order valence-corrected chi connectivity index (χ2v) is 11.7. The van der Waals surface area contributed by atoms with Crippen molar-refractivity contribution in [2.45, 2.75) is 32.4 Å². The molecule has 0 saturated carbocycles.